The average Bonchev–Trinajstić information content (AvgIpc) is 2.85. The molecule has 0 spiro atoms. The molecular formula is C11H20ClN5O. The average molecular weight is 274 g/mol. The number of likely N-dealkylation sites (N-methyl/N-ethyl adjacent to an activating group) is 1. The van der Waals surface area contributed by atoms with Crippen LogP contribution in [0.25, 0.3) is 0 Å². The predicted octanol–water partition coefficient (Wildman–Crippen LogP) is 0.492. The van der Waals surface area contributed by atoms with Crippen LogP contribution in [0.15, 0.2) is 4.42 Å². The lowest BCUT2D eigenvalue weighted by Gasteiger charge is -2.34. The monoisotopic (exact) mass is 273 g/mol. The molecule has 0 aliphatic carbocycles. The van der Waals surface area contributed by atoms with Gasteiger partial charge < -0.3 is 14.2 Å². The second-order valence-electron chi connectivity index (χ2n) is 4.74. The van der Waals surface area contributed by atoms with Crippen molar-refractivity contribution in [3.63, 3.8) is 0 Å². The Morgan fingerprint density at radius 2 is 1.94 bits per heavy atom. The van der Waals surface area contributed by atoms with Crippen LogP contribution >= 0.6 is 11.6 Å². The first-order valence-corrected chi connectivity index (χ1v) is 6.73. The van der Waals surface area contributed by atoms with Crippen molar-refractivity contribution in [3.05, 3.63) is 5.89 Å². The van der Waals surface area contributed by atoms with Crippen molar-refractivity contribution in [2.24, 2.45) is 0 Å². The van der Waals surface area contributed by atoms with Crippen molar-refractivity contribution < 1.29 is 4.42 Å². The van der Waals surface area contributed by atoms with E-state index in [9.17, 15) is 0 Å². The summed E-state index contributed by atoms with van der Waals surface area (Å²) < 4.78 is 5.45. The summed E-state index contributed by atoms with van der Waals surface area (Å²) in [5, 5.41) is 7.89. The third kappa shape index (κ3) is 3.57. The molecule has 1 fully saturated rings. The molecule has 7 heteroatoms. The van der Waals surface area contributed by atoms with E-state index in [2.05, 4.69) is 39.0 Å². The highest BCUT2D eigenvalue weighted by Gasteiger charge is 2.20. The summed E-state index contributed by atoms with van der Waals surface area (Å²) in [5.41, 5.74) is 0. The molecule has 0 amide bonds. The van der Waals surface area contributed by atoms with Gasteiger partial charge in [0.05, 0.1) is 0 Å². The van der Waals surface area contributed by atoms with Gasteiger partial charge in [0, 0.05) is 39.3 Å². The van der Waals surface area contributed by atoms with E-state index in [1.165, 1.54) is 0 Å². The normalized spacial score (nSPS) is 17.7. The molecule has 0 saturated carbocycles. The Labute approximate surface area is 112 Å². The van der Waals surface area contributed by atoms with E-state index in [-0.39, 0.29) is 5.88 Å². The van der Waals surface area contributed by atoms with Gasteiger partial charge in [-0.2, -0.15) is 0 Å². The minimum atomic E-state index is 0.274. The van der Waals surface area contributed by atoms with E-state index in [0.29, 0.717) is 11.9 Å². The topological polar surface area (TPSA) is 48.6 Å². The van der Waals surface area contributed by atoms with Gasteiger partial charge >= 0.3 is 6.01 Å². The number of rotatable bonds is 5. The highest BCUT2D eigenvalue weighted by molar-refractivity contribution is 6.16. The van der Waals surface area contributed by atoms with Crippen LogP contribution in [0.1, 0.15) is 5.89 Å². The molecule has 0 atom stereocenters. The fourth-order valence-electron chi connectivity index (χ4n) is 1.93. The number of hydrogen-bond acceptors (Lipinski definition) is 6. The molecule has 102 valence electrons. The number of anilines is 1. The molecule has 1 aliphatic heterocycles. The molecule has 1 aliphatic rings. The number of aromatic nitrogens is 2. The molecule has 1 aromatic rings. The minimum Gasteiger partial charge on any atom is -0.407 e. The van der Waals surface area contributed by atoms with Crippen LogP contribution in [-0.2, 0) is 5.88 Å². The van der Waals surface area contributed by atoms with Crippen molar-refractivity contribution in [3.8, 4) is 0 Å². The molecule has 2 heterocycles. The highest BCUT2D eigenvalue weighted by atomic mass is 35.5. The molecule has 0 radical (unpaired) electrons. The van der Waals surface area contributed by atoms with Crippen molar-refractivity contribution in [2.75, 3.05) is 58.3 Å². The maximum Gasteiger partial charge on any atom is 0.318 e. The van der Waals surface area contributed by atoms with Crippen molar-refractivity contribution in [2.45, 2.75) is 5.88 Å². The first kappa shape index (κ1) is 13.6. The second-order valence-corrected chi connectivity index (χ2v) is 5.01. The summed E-state index contributed by atoms with van der Waals surface area (Å²) in [6.07, 6.45) is 0. The zero-order valence-electron chi connectivity index (χ0n) is 11.0. The van der Waals surface area contributed by atoms with Gasteiger partial charge in [0.15, 0.2) is 0 Å². The van der Waals surface area contributed by atoms with Crippen LogP contribution in [0.5, 0.6) is 0 Å². The Morgan fingerprint density at radius 3 is 2.50 bits per heavy atom. The lowest BCUT2D eigenvalue weighted by molar-refractivity contribution is 0.226. The Morgan fingerprint density at radius 1 is 1.22 bits per heavy atom. The van der Waals surface area contributed by atoms with Gasteiger partial charge in [-0.3, -0.25) is 4.90 Å². The van der Waals surface area contributed by atoms with Crippen molar-refractivity contribution in [1.82, 2.24) is 20.0 Å². The fraction of sp³-hybridized carbons (Fsp3) is 0.818. The quantitative estimate of drug-likeness (QED) is 0.728. The Hall–Kier alpha value is -0.850. The maximum atomic E-state index is 5.65. The first-order valence-electron chi connectivity index (χ1n) is 6.19. The standard InChI is InChI=1S/C11H20ClN5O/c1-15(2)3-4-16-5-7-17(8-6-16)11-14-13-10(9-12)18-11/h3-9H2,1-2H3. The van der Waals surface area contributed by atoms with Crippen LogP contribution in [-0.4, -0.2) is 73.4 Å². The van der Waals surface area contributed by atoms with Crippen molar-refractivity contribution in [1.29, 1.82) is 0 Å². The van der Waals surface area contributed by atoms with Crippen LogP contribution in [0.2, 0.25) is 0 Å². The maximum absolute atomic E-state index is 5.65. The molecule has 1 saturated heterocycles. The number of nitrogens with zero attached hydrogens (tertiary/aromatic N) is 5. The highest BCUT2D eigenvalue weighted by Crippen LogP contribution is 2.15. The smallest absolute Gasteiger partial charge is 0.318 e. The molecule has 1 aromatic heterocycles. The SMILES string of the molecule is CN(C)CCN1CCN(c2nnc(CCl)o2)CC1. The largest absolute Gasteiger partial charge is 0.407 e. The number of hydrogen-bond donors (Lipinski definition) is 0. The van der Waals surface area contributed by atoms with E-state index < -0.39 is 0 Å². The van der Waals surface area contributed by atoms with Crippen molar-refractivity contribution >= 4 is 17.6 Å². The van der Waals surface area contributed by atoms with Gasteiger partial charge in [0.1, 0.15) is 5.88 Å². The van der Waals surface area contributed by atoms with Gasteiger partial charge in [-0.15, -0.1) is 16.7 Å². The molecule has 0 unspecified atom stereocenters. The summed E-state index contributed by atoms with van der Waals surface area (Å²) in [4.78, 5) is 6.78. The zero-order chi connectivity index (χ0) is 13.0. The van der Waals surface area contributed by atoms with Crippen LogP contribution < -0.4 is 4.90 Å². The molecular weight excluding hydrogens is 254 g/mol. The second kappa shape index (κ2) is 6.36. The molecule has 0 N–H and O–H groups in total. The van der Waals surface area contributed by atoms with Crippen LogP contribution in [0.3, 0.4) is 0 Å². The van der Waals surface area contributed by atoms with Crippen LogP contribution in [0.4, 0.5) is 6.01 Å². The van der Waals surface area contributed by atoms with Gasteiger partial charge in [0.25, 0.3) is 0 Å². The molecule has 18 heavy (non-hydrogen) atoms. The summed E-state index contributed by atoms with van der Waals surface area (Å²) in [6.45, 7) is 6.13. The molecule has 2 rings (SSSR count). The summed E-state index contributed by atoms with van der Waals surface area (Å²) in [5.74, 6) is 0.761. The molecule has 0 bridgehead atoms. The van der Waals surface area contributed by atoms with E-state index in [4.69, 9.17) is 16.0 Å². The lowest BCUT2D eigenvalue weighted by atomic mass is 10.3. The number of piperazine rings is 1. The summed E-state index contributed by atoms with van der Waals surface area (Å²) >= 11 is 5.65. The molecule has 0 aromatic carbocycles. The van der Waals surface area contributed by atoms with E-state index >= 15 is 0 Å². The summed E-state index contributed by atoms with van der Waals surface area (Å²) in [7, 11) is 4.20. The van der Waals surface area contributed by atoms with Gasteiger partial charge in [0.2, 0.25) is 5.89 Å². The number of alkyl halides is 1. The van der Waals surface area contributed by atoms with E-state index in [0.717, 1.165) is 39.3 Å². The Balaban J connectivity index is 1.79. The number of halogens is 1. The first-order chi connectivity index (χ1) is 8.69. The third-order valence-corrected chi connectivity index (χ3v) is 3.31. The fourth-order valence-corrected chi connectivity index (χ4v) is 2.04. The van der Waals surface area contributed by atoms with Crippen LogP contribution in [0, 0.1) is 0 Å². The van der Waals surface area contributed by atoms with Gasteiger partial charge in [-0.25, -0.2) is 0 Å². The predicted molar refractivity (Wildman–Crippen MR) is 71.1 cm³/mol. The minimum absolute atomic E-state index is 0.274. The Kier molecular flexibility index (Phi) is 4.79. The van der Waals surface area contributed by atoms with Gasteiger partial charge in [-0.1, -0.05) is 5.10 Å². The van der Waals surface area contributed by atoms with Gasteiger partial charge in [-0.05, 0) is 14.1 Å². The summed E-state index contributed by atoms with van der Waals surface area (Å²) in [6, 6.07) is 0.595. The zero-order valence-corrected chi connectivity index (χ0v) is 11.7. The van der Waals surface area contributed by atoms with E-state index in [1.54, 1.807) is 0 Å². The van der Waals surface area contributed by atoms with E-state index in [1.807, 2.05) is 0 Å². The Bertz CT molecular complexity index is 362. The third-order valence-electron chi connectivity index (χ3n) is 3.08. The molecule has 6 nitrogen and oxygen atoms in total. The lowest BCUT2D eigenvalue weighted by Crippen LogP contribution is -2.48.